The van der Waals surface area contributed by atoms with Crippen molar-refractivity contribution in [1.82, 2.24) is 9.97 Å². The predicted molar refractivity (Wildman–Crippen MR) is 70.0 cm³/mol. The first kappa shape index (κ1) is 14.4. The van der Waals surface area contributed by atoms with Crippen molar-refractivity contribution in [2.45, 2.75) is 0 Å². The van der Waals surface area contributed by atoms with E-state index in [0.29, 0.717) is 0 Å². The molecule has 0 unspecified atom stereocenters. The molecule has 0 aliphatic rings. The number of aromatic nitrogens is 2. The molecule has 2 aromatic rings. The quantitative estimate of drug-likeness (QED) is 0.829. The first-order chi connectivity index (χ1) is 10.0. The van der Waals surface area contributed by atoms with Crippen molar-refractivity contribution in [2.75, 3.05) is 12.4 Å². The maximum absolute atomic E-state index is 13.5. The molecule has 0 spiro atoms. The fourth-order valence-corrected chi connectivity index (χ4v) is 1.53. The lowest BCUT2D eigenvalue weighted by atomic mass is 10.2. The van der Waals surface area contributed by atoms with Crippen LogP contribution in [0.15, 0.2) is 30.5 Å². The molecule has 2 N–H and O–H groups in total. The smallest absolute Gasteiger partial charge is 0.376 e. The number of nitrogens with one attached hydrogen (secondary N) is 1. The number of ether oxygens (including phenoxy) is 1. The number of esters is 1. The lowest BCUT2D eigenvalue weighted by molar-refractivity contribution is 0.0586. The summed E-state index contributed by atoms with van der Waals surface area (Å²) in [4.78, 5) is 29.6. The number of nitrogens with zero attached hydrogens (tertiary/aromatic N) is 2. The van der Waals surface area contributed by atoms with Gasteiger partial charge in [-0.3, -0.25) is 0 Å². The van der Waals surface area contributed by atoms with Crippen LogP contribution in [0.1, 0.15) is 21.0 Å². The molecule has 0 amide bonds. The number of anilines is 2. The lowest BCUT2D eigenvalue weighted by Crippen LogP contribution is -2.08. The van der Waals surface area contributed by atoms with Gasteiger partial charge in [0, 0.05) is 11.9 Å². The molecule has 2 rings (SSSR count). The standard InChI is InChI=1S/C13H10FN3O4/c1-21-13(20)11-15-5-4-10(17-11)16-7-2-3-8(12(18)19)9(14)6-7/h2-6H,1H3,(H,18,19)(H,15,16,17). The van der Waals surface area contributed by atoms with Gasteiger partial charge in [0.2, 0.25) is 5.82 Å². The minimum Gasteiger partial charge on any atom is -0.478 e. The second-order valence-corrected chi connectivity index (χ2v) is 3.88. The van der Waals surface area contributed by atoms with Crippen LogP contribution in [0.5, 0.6) is 0 Å². The minimum atomic E-state index is -1.35. The Morgan fingerprint density at radius 2 is 2.10 bits per heavy atom. The minimum absolute atomic E-state index is 0.148. The van der Waals surface area contributed by atoms with Gasteiger partial charge in [-0.1, -0.05) is 0 Å². The topological polar surface area (TPSA) is 101 Å². The van der Waals surface area contributed by atoms with Crippen LogP contribution in [0.4, 0.5) is 15.9 Å². The molecule has 7 nitrogen and oxygen atoms in total. The molecule has 0 aliphatic heterocycles. The Labute approximate surface area is 118 Å². The molecular weight excluding hydrogens is 281 g/mol. The Balaban J connectivity index is 2.24. The zero-order valence-corrected chi connectivity index (χ0v) is 10.8. The monoisotopic (exact) mass is 291 g/mol. The normalized spacial score (nSPS) is 10.0. The van der Waals surface area contributed by atoms with Gasteiger partial charge >= 0.3 is 11.9 Å². The van der Waals surface area contributed by atoms with E-state index in [0.717, 1.165) is 12.1 Å². The third-order valence-electron chi connectivity index (χ3n) is 2.50. The SMILES string of the molecule is COC(=O)c1nccc(Nc2ccc(C(=O)O)c(F)c2)n1. The van der Waals surface area contributed by atoms with Crippen molar-refractivity contribution in [3.8, 4) is 0 Å². The van der Waals surface area contributed by atoms with E-state index in [2.05, 4.69) is 20.0 Å². The zero-order valence-electron chi connectivity index (χ0n) is 10.8. The number of carbonyl (C=O) groups excluding carboxylic acids is 1. The molecule has 108 valence electrons. The summed E-state index contributed by atoms with van der Waals surface area (Å²) in [6, 6.07) is 4.99. The summed E-state index contributed by atoms with van der Waals surface area (Å²) in [6.07, 6.45) is 1.34. The van der Waals surface area contributed by atoms with Crippen LogP contribution in [-0.2, 0) is 4.74 Å². The average molecular weight is 291 g/mol. The van der Waals surface area contributed by atoms with Gasteiger partial charge < -0.3 is 15.2 Å². The van der Waals surface area contributed by atoms with E-state index in [4.69, 9.17) is 5.11 Å². The zero-order chi connectivity index (χ0) is 15.4. The average Bonchev–Trinajstić information content (AvgIpc) is 2.46. The van der Waals surface area contributed by atoms with E-state index in [1.54, 1.807) is 0 Å². The summed E-state index contributed by atoms with van der Waals surface area (Å²) in [7, 11) is 1.20. The molecular formula is C13H10FN3O4. The number of hydrogen-bond acceptors (Lipinski definition) is 6. The highest BCUT2D eigenvalue weighted by Crippen LogP contribution is 2.18. The van der Waals surface area contributed by atoms with Gasteiger partial charge in [-0.15, -0.1) is 0 Å². The number of benzene rings is 1. The van der Waals surface area contributed by atoms with Crippen LogP contribution in [0, 0.1) is 5.82 Å². The number of methoxy groups -OCH3 is 1. The van der Waals surface area contributed by atoms with Crippen LogP contribution < -0.4 is 5.32 Å². The second kappa shape index (κ2) is 5.95. The van der Waals surface area contributed by atoms with Gasteiger partial charge in [0.25, 0.3) is 0 Å². The van der Waals surface area contributed by atoms with E-state index in [-0.39, 0.29) is 17.3 Å². The van der Waals surface area contributed by atoms with Crippen molar-refractivity contribution >= 4 is 23.4 Å². The number of carboxylic acid groups (broad SMARTS) is 1. The third-order valence-corrected chi connectivity index (χ3v) is 2.50. The fourth-order valence-electron chi connectivity index (χ4n) is 1.53. The van der Waals surface area contributed by atoms with Gasteiger partial charge in [0.15, 0.2) is 0 Å². The van der Waals surface area contributed by atoms with Crippen LogP contribution >= 0.6 is 0 Å². The summed E-state index contributed by atoms with van der Waals surface area (Å²) in [5.74, 6) is -2.84. The Kier molecular flexibility index (Phi) is 4.07. The largest absolute Gasteiger partial charge is 0.478 e. The van der Waals surface area contributed by atoms with E-state index in [1.165, 1.54) is 25.4 Å². The lowest BCUT2D eigenvalue weighted by Gasteiger charge is -2.07. The highest BCUT2D eigenvalue weighted by atomic mass is 19.1. The first-order valence-electron chi connectivity index (χ1n) is 5.72. The van der Waals surface area contributed by atoms with Crippen molar-refractivity contribution in [3.63, 3.8) is 0 Å². The summed E-state index contributed by atoms with van der Waals surface area (Å²) < 4.78 is 18.0. The highest BCUT2D eigenvalue weighted by molar-refractivity contribution is 5.88. The van der Waals surface area contributed by atoms with E-state index >= 15 is 0 Å². The predicted octanol–water partition coefficient (Wildman–Crippen LogP) is 1.84. The van der Waals surface area contributed by atoms with Crippen LogP contribution in [0.25, 0.3) is 0 Å². The molecule has 21 heavy (non-hydrogen) atoms. The highest BCUT2D eigenvalue weighted by Gasteiger charge is 2.12. The summed E-state index contributed by atoms with van der Waals surface area (Å²) in [5.41, 5.74) is -0.148. The molecule has 8 heteroatoms. The summed E-state index contributed by atoms with van der Waals surface area (Å²) in [5, 5.41) is 11.5. The van der Waals surface area contributed by atoms with Crippen LogP contribution in [0.3, 0.4) is 0 Å². The molecule has 1 aromatic carbocycles. The Morgan fingerprint density at radius 3 is 2.71 bits per heavy atom. The number of aromatic carboxylic acids is 1. The van der Waals surface area contributed by atoms with Crippen LogP contribution in [0.2, 0.25) is 0 Å². The van der Waals surface area contributed by atoms with E-state index < -0.39 is 23.3 Å². The molecule has 0 radical (unpaired) electrons. The Bertz CT molecular complexity index is 706. The van der Waals surface area contributed by atoms with Gasteiger partial charge in [-0.2, -0.15) is 0 Å². The molecule has 0 fully saturated rings. The van der Waals surface area contributed by atoms with Gasteiger partial charge in [-0.25, -0.2) is 23.9 Å². The van der Waals surface area contributed by atoms with Crippen LogP contribution in [-0.4, -0.2) is 34.1 Å². The molecule has 1 aromatic heterocycles. The molecule has 0 saturated carbocycles. The van der Waals surface area contributed by atoms with Crippen molar-refractivity contribution in [2.24, 2.45) is 0 Å². The number of rotatable bonds is 4. The number of carbonyl (C=O) groups is 2. The van der Waals surface area contributed by atoms with Gasteiger partial charge in [-0.05, 0) is 24.3 Å². The van der Waals surface area contributed by atoms with Crippen molar-refractivity contribution < 1.29 is 23.8 Å². The molecule has 0 saturated heterocycles. The number of halogens is 1. The van der Waals surface area contributed by atoms with Crippen molar-refractivity contribution in [1.29, 1.82) is 0 Å². The van der Waals surface area contributed by atoms with Crippen molar-refractivity contribution in [3.05, 3.63) is 47.7 Å². The molecule has 0 bridgehead atoms. The maximum atomic E-state index is 13.5. The number of hydrogen-bond donors (Lipinski definition) is 2. The Morgan fingerprint density at radius 1 is 1.33 bits per heavy atom. The molecule has 0 aliphatic carbocycles. The van der Waals surface area contributed by atoms with Gasteiger partial charge in [0.1, 0.15) is 11.6 Å². The van der Waals surface area contributed by atoms with E-state index in [1.807, 2.05) is 0 Å². The fraction of sp³-hybridized carbons (Fsp3) is 0.0769. The second-order valence-electron chi connectivity index (χ2n) is 3.88. The van der Waals surface area contributed by atoms with E-state index in [9.17, 15) is 14.0 Å². The maximum Gasteiger partial charge on any atom is 0.376 e. The number of carboxylic acids is 1. The Hall–Kier alpha value is -3.03. The first-order valence-corrected chi connectivity index (χ1v) is 5.72. The summed E-state index contributed by atoms with van der Waals surface area (Å²) >= 11 is 0. The molecule has 0 atom stereocenters. The molecule has 1 heterocycles. The third kappa shape index (κ3) is 3.30. The summed E-state index contributed by atoms with van der Waals surface area (Å²) in [6.45, 7) is 0. The van der Waals surface area contributed by atoms with Gasteiger partial charge in [0.05, 0.1) is 12.7 Å².